The van der Waals surface area contributed by atoms with Crippen molar-refractivity contribution in [3.8, 4) is 6.07 Å². The molecule has 0 aliphatic carbocycles. The second-order valence-corrected chi connectivity index (χ2v) is 4.76. The fourth-order valence-electron chi connectivity index (χ4n) is 1.69. The van der Waals surface area contributed by atoms with Gasteiger partial charge in [0.25, 0.3) is 5.91 Å². The third-order valence-corrected chi connectivity index (χ3v) is 2.91. The molecule has 0 spiro atoms. The van der Waals surface area contributed by atoms with Crippen LogP contribution in [0.2, 0.25) is 5.02 Å². The normalized spacial score (nSPS) is 9.64. The molecule has 110 valence electrons. The maximum absolute atomic E-state index is 11.8. The van der Waals surface area contributed by atoms with E-state index in [1.54, 1.807) is 36.4 Å². The van der Waals surface area contributed by atoms with E-state index in [0.717, 1.165) is 0 Å². The molecule has 2 rings (SSSR count). The van der Waals surface area contributed by atoms with Gasteiger partial charge in [-0.2, -0.15) is 5.26 Å². The van der Waals surface area contributed by atoms with Crippen LogP contribution in [-0.2, 0) is 9.53 Å². The van der Waals surface area contributed by atoms with Crippen LogP contribution >= 0.6 is 11.6 Å². The second-order valence-electron chi connectivity index (χ2n) is 4.33. The molecular formula is C16H11ClN2O3. The summed E-state index contributed by atoms with van der Waals surface area (Å²) in [5.74, 6) is -1.13. The molecule has 0 aliphatic rings. The van der Waals surface area contributed by atoms with Crippen LogP contribution in [0.25, 0.3) is 0 Å². The van der Waals surface area contributed by atoms with Crippen LogP contribution in [0.3, 0.4) is 0 Å². The lowest BCUT2D eigenvalue weighted by Crippen LogP contribution is -2.20. The Hall–Kier alpha value is -2.84. The summed E-state index contributed by atoms with van der Waals surface area (Å²) in [4.78, 5) is 23.5. The zero-order valence-electron chi connectivity index (χ0n) is 11.4. The predicted octanol–water partition coefficient (Wildman–Crippen LogP) is 3.01. The Morgan fingerprint density at radius 3 is 2.68 bits per heavy atom. The first-order chi connectivity index (χ1) is 10.6. The molecule has 2 aromatic rings. The zero-order valence-corrected chi connectivity index (χ0v) is 12.1. The van der Waals surface area contributed by atoms with E-state index in [1.165, 1.54) is 12.1 Å². The highest BCUT2D eigenvalue weighted by atomic mass is 35.5. The van der Waals surface area contributed by atoms with Gasteiger partial charge in [0, 0.05) is 10.7 Å². The Morgan fingerprint density at radius 2 is 1.95 bits per heavy atom. The minimum absolute atomic E-state index is 0.270. The standard InChI is InChI=1S/C16H11ClN2O3/c17-13-5-2-4-12(8-13)16(21)22-10-15(20)19-14-6-1-3-11(7-14)9-18/h1-8H,10H2,(H,19,20). The Labute approximate surface area is 132 Å². The van der Waals surface area contributed by atoms with Crippen molar-refractivity contribution < 1.29 is 14.3 Å². The number of hydrogen-bond acceptors (Lipinski definition) is 4. The Morgan fingerprint density at radius 1 is 1.18 bits per heavy atom. The van der Waals surface area contributed by atoms with Crippen molar-refractivity contribution in [1.82, 2.24) is 0 Å². The maximum Gasteiger partial charge on any atom is 0.338 e. The molecule has 0 bridgehead atoms. The lowest BCUT2D eigenvalue weighted by Gasteiger charge is -2.07. The SMILES string of the molecule is N#Cc1cccc(NC(=O)COC(=O)c2cccc(Cl)c2)c1. The van der Waals surface area contributed by atoms with Crippen molar-refractivity contribution >= 4 is 29.2 Å². The molecule has 0 radical (unpaired) electrons. The summed E-state index contributed by atoms with van der Waals surface area (Å²) >= 11 is 5.77. The molecule has 0 aromatic heterocycles. The molecule has 6 heteroatoms. The van der Waals surface area contributed by atoms with Gasteiger partial charge in [0.05, 0.1) is 17.2 Å². The van der Waals surface area contributed by atoms with E-state index in [4.69, 9.17) is 21.6 Å². The average molecular weight is 315 g/mol. The molecule has 1 amide bonds. The van der Waals surface area contributed by atoms with E-state index in [2.05, 4.69) is 5.32 Å². The second kappa shape index (κ2) is 7.25. The third kappa shape index (κ3) is 4.33. The summed E-state index contributed by atoms with van der Waals surface area (Å²) in [5, 5.41) is 11.7. The molecule has 0 unspecified atom stereocenters. The summed E-state index contributed by atoms with van der Waals surface area (Å²) in [6.07, 6.45) is 0. The molecule has 0 heterocycles. The summed E-state index contributed by atoms with van der Waals surface area (Å²) < 4.78 is 4.90. The van der Waals surface area contributed by atoms with Crippen molar-refractivity contribution in [3.63, 3.8) is 0 Å². The topological polar surface area (TPSA) is 79.2 Å². The molecule has 0 fully saturated rings. The number of rotatable bonds is 4. The van der Waals surface area contributed by atoms with Crippen molar-refractivity contribution in [2.45, 2.75) is 0 Å². The molecule has 0 atom stereocenters. The number of nitrogens with zero attached hydrogens (tertiary/aromatic N) is 1. The van der Waals surface area contributed by atoms with Gasteiger partial charge in [-0.1, -0.05) is 23.7 Å². The number of halogens is 1. The molecule has 1 N–H and O–H groups in total. The van der Waals surface area contributed by atoms with Gasteiger partial charge in [0.15, 0.2) is 6.61 Å². The number of anilines is 1. The minimum atomic E-state index is -0.636. The van der Waals surface area contributed by atoms with Gasteiger partial charge < -0.3 is 10.1 Å². The summed E-state index contributed by atoms with van der Waals surface area (Å²) in [5.41, 5.74) is 1.16. The highest BCUT2D eigenvalue weighted by molar-refractivity contribution is 6.30. The van der Waals surface area contributed by atoms with E-state index in [9.17, 15) is 9.59 Å². The summed E-state index contributed by atoms with van der Waals surface area (Å²) in [6.45, 7) is -0.428. The predicted molar refractivity (Wildman–Crippen MR) is 81.5 cm³/mol. The number of nitrogens with one attached hydrogen (secondary N) is 1. The monoisotopic (exact) mass is 314 g/mol. The average Bonchev–Trinajstić information content (AvgIpc) is 2.52. The van der Waals surface area contributed by atoms with Crippen molar-refractivity contribution in [1.29, 1.82) is 5.26 Å². The molecule has 2 aromatic carbocycles. The first-order valence-electron chi connectivity index (χ1n) is 6.31. The smallest absolute Gasteiger partial charge is 0.338 e. The van der Waals surface area contributed by atoms with Gasteiger partial charge in [0.1, 0.15) is 0 Å². The maximum atomic E-state index is 11.8. The quantitative estimate of drug-likeness (QED) is 0.880. The van der Waals surface area contributed by atoms with Gasteiger partial charge in [0.2, 0.25) is 0 Å². The lowest BCUT2D eigenvalue weighted by atomic mass is 10.2. The minimum Gasteiger partial charge on any atom is -0.452 e. The van der Waals surface area contributed by atoms with Gasteiger partial charge in [-0.15, -0.1) is 0 Å². The first-order valence-corrected chi connectivity index (χ1v) is 6.69. The van der Waals surface area contributed by atoms with Gasteiger partial charge >= 0.3 is 5.97 Å². The van der Waals surface area contributed by atoms with Crippen LogP contribution in [0.1, 0.15) is 15.9 Å². The van der Waals surface area contributed by atoms with Crippen molar-refractivity contribution in [3.05, 3.63) is 64.7 Å². The number of carbonyl (C=O) groups is 2. The molecule has 22 heavy (non-hydrogen) atoms. The van der Waals surface area contributed by atoms with Crippen LogP contribution in [0.5, 0.6) is 0 Å². The van der Waals surface area contributed by atoms with E-state index < -0.39 is 18.5 Å². The number of nitriles is 1. The molecule has 0 saturated heterocycles. The van der Waals surface area contributed by atoms with E-state index in [-0.39, 0.29) is 5.56 Å². The van der Waals surface area contributed by atoms with Gasteiger partial charge in [-0.25, -0.2) is 4.79 Å². The summed E-state index contributed by atoms with van der Waals surface area (Å²) in [6, 6.07) is 14.6. The van der Waals surface area contributed by atoms with E-state index in [0.29, 0.717) is 16.3 Å². The van der Waals surface area contributed by atoms with Crippen LogP contribution < -0.4 is 5.32 Å². The highest BCUT2D eigenvalue weighted by Gasteiger charge is 2.10. The van der Waals surface area contributed by atoms with Crippen LogP contribution in [0.4, 0.5) is 5.69 Å². The number of carbonyl (C=O) groups excluding carboxylic acids is 2. The van der Waals surface area contributed by atoms with Crippen LogP contribution in [0, 0.1) is 11.3 Å². The van der Waals surface area contributed by atoms with Gasteiger partial charge in [-0.05, 0) is 36.4 Å². The van der Waals surface area contributed by atoms with E-state index in [1.807, 2.05) is 6.07 Å². The first kappa shape index (κ1) is 15.5. The Bertz CT molecular complexity index is 753. The number of benzene rings is 2. The molecule has 0 aliphatic heterocycles. The lowest BCUT2D eigenvalue weighted by molar-refractivity contribution is -0.119. The largest absolute Gasteiger partial charge is 0.452 e. The number of hydrogen-bond donors (Lipinski definition) is 1. The number of amides is 1. The van der Waals surface area contributed by atoms with Crippen molar-refractivity contribution in [2.75, 3.05) is 11.9 Å². The third-order valence-electron chi connectivity index (χ3n) is 2.67. The van der Waals surface area contributed by atoms with Crippen LogP contribution in [-0.4, -0.2) is 18.5 Å². The molecule has 5 nitrogen and oxygen atoms in total. The summed E-state index contributed by atoms with van der Waals surface area (Å²) in [7, 11) is 0. The fraction of sp³-hybridized carbons (Fsp3) is 0.0625. The molecular weight excluding hydrogens is 304 g/mol. The van der Waals surface area contributed by atoms with E-state index >= 15 is 0 Å². The van der Waals surface area contributed by atoms with Gasteiger partial charge in [-0.3, -0.25) is 4.79 Å². The fourth-order valence-corrected chi connectivity index (χ4v) is 1.88. The Balaban J connectivity index is 1.90. The Kier molecular flexibility index (Phi) is 5.12. The number of esters is 1. The number of ether oxygens (including phenoxy) is 1. The van der Waals surface area contributed by atoms with Crippen molar-refractivity contribution in [2.24, 2.45) is 0 Å². The highest BCUT2D eigenvalue weighted by Crippen LogP contribution is 2.12. The molecule has 0 saturated carbocycles. The van der Waals surface area contributed by atoms with Crippen LogP contribution in [0.15, 0.2) is 48.5 Å². The zero-order chi connectivity index (χ0) is 15.9.